The summed E-state index contributed by atoms with van der Waals surface area (Å²) in [7, 11) is -3.40. The van der Waals surface area contributed by atoms with Gasteiger partial charge in [-0.1, -0.05) is 44.2 Å². The minimum atomic E-state index is -3.40. The lowest BCUT2D eigenvalue weighted by molar-refractivity contribution is 0.0983. The Balaban J connectivity index is 0.00000385. The Bertz CT molecular complexity index is 1220. The molecule has 0 radical (unpaired) electrons. The van der Waals surface area contributed by atoms with Crippen LogP contribution in [0.25, 0.3) is 10.2 Å². The summed E-state index contributed by atoms with van der Waals surface area (Å²) in [5, 5.41) is 0.634. The topological polar surface area (TPSA) is 70.6 Å². The van der Waals surface area contributed by atoms with Gasteiger partial charge in [0, 0.05) is 18.7 Å². The first kappa shape index (κ1) is 27.2. The molecule has 33 heavy (non-hydrogen) atoms. The van der Waals surface area contributed by atoms with Gasteiger partial charge >= 0.3 is 0 Å². The molecule has 0 aliphatic rings. The zero-order valence-electron chi connectivity index (χ0n) is 19.8. The highest BCUT2D eigenvalue weighted by molar-refractivity contribution is 7.91. The Morgan fingerprint density at radius 2 is 1.73 bits per heavy atom. The summed E-state index contributed by atoms with van der Waals surface area (Å²) in [4.78, 5) is 22.5. The van der Waals surface area contributed by atoms with Crippen molar-refractivity contribution in [1.29, 1.82) is 0 Å². The van der Waals surface area contributed by atoms with Crippen LogP contribution in [0, 0.1) is 13.8 Å². The molecule has 0 aliphatic heterocycles. The number of aryl methyl sites for hydroxylation is 2. The number of fused-ring (bicyclic) bond motifs is 1. The number of aromatic nitrogens is 1. The Kier molecular flexibility index (Phi) is 9.43. The Morgan fingerprint density at radius 1 is 1.03 bits per heavy atom. The molecule has 180 valence electrons. The Hall–Kier alpha value is -2.00. The van der Waals surface area contributed by atoms with E-state index in [-0.39, 0.29) is 29.0 Å². The van der Waals surface area contributed by atoms with Gasteiger partial charge in [-0.3, -0.25) is 9.69 Å². The molecule has 1 amide bonds. The van der Waals surface area contributed by atoms with Crippen molar-refractivity contribution in [1.82, 2.24) is 9.88 Å². The smallest absolute Gasteiger partial charge is 0.260 e. The number of carbonyl (C=O) groups is 1. The number of halogens is 1. The number of benzene rings is 2. The average Bonchev–Trinajstić information content (AvgIpc) is 3.23. The van der Waals surface area contributed by atoms with E-state index in [0.29, 0.717) is 23.8 Å². The van der Waals surface area contributed by atoms with E-state index in [9.17, 15) is 13.2 Å². The minimum Gasteiger partial charge on any atom is -0.302 e. The van der Waals surface area contributed by atoms with Crippen LogP contribution in [0.15, 0.2) is 41.3 Å². The second-order valence-corrected chi connectivity index (χ2v) is 11.1. The van der Waals surface area contributed by atoms with Crippen LogP contribution in [0.2, 0.25) is 0 Å². The van der Waals surface area contributed by atoms with Crippen molar-refractivity contribution in [3.8, 4) is 0 Å². The Labute approximate surface area is 207 Å². The van der Waals surface area contributed by atoms with Crippen molar-refractivity contribution in [2.45, 2.75) is 39.5 Å². The molecule has 0 unspecified atom stereocenters. The molecule has 3 rings (SSSR count). The Morgan fingerprint density at radius 3 is 2.36 bits per heavy atom. The summed E-state index contributed by atoms with van der Waals surface area (Å²) in [6.07, 6.45) is 0. The highest BCUT2D eigenvalue weighted by Gasteiger charge is 2.24. The van der Waals surface area contributed by atoms with E-state index >= 15 is 0 Å². The summed E-state index contributed by atoms with van der Waals surface area (Å²) in [6.45, 7) is 12.9. The average molecular weight is 510 g/mol. The second kappa shape index (κ2) is 11.4. The molecular formula is C24H32ClN3O3S2. The minimum absolute atomic E-state index is 0. The number of amides is 1. The van der Waals surface area contributed by atoms with Gasteiger partial charge in [-0.15, -0.1) is 12.4 Å². The molecule has 1 aromatic heterocycles. The number of hydrogen-bond acceptors (Lipinski definition) is 6. The van der Waals surface area contributed by atoms with Crippen LogP contribution in [0.3, 0.4) is 0 Å². The zero-order valence-corrected chi connectivity index (χ0v) is 22.2. The largest absolute Gasteiger partial charge is 0.302 e. The number of carbonyl (C=O) groups excluding carboxylic acids is 1. The predicted molar refractivity (Wildman–Crippen MR) is 140 cm³/mol. The number of nitrogens with zero attached hydrogens (tertiary/aromatic N) is 3. The molecule has 0 atom stereocenters. The molecular weight excluding hydrogens is 478 g/mol. The van der Waals surface area contributed by atoms with Crippen molar-refractivity contribution in [3.05, 3.63) is 53.1 Å². The van der Waals surface area contributed by atoms with Crippen LogP contribution < -0.4 is 4.90 Å². The van der Waals surface area contributed by atoms with Gasteiger partial charge in [0.15, 0.2) is 15.0 Å². The molecule has 0 N–H and O–H groups in total. The maximum atomic E-state index is 13.6. The highest BCUT2D eigenvalue weighted by Crippen LogP contribution is 2.32. The van der Waals surface area contributed by atoms with Crippen LogP contribution in [0.1, 0.15) is 42.3 Å². The first-order chi connectivity index (χ1) is 15.2. The first-order valence-corrected chi connectivity index (χ1v) is 13.4. The van der Waals surface area contributed by atoms with Gasteiger partial charge < -0.3 is 4.90 Å². The second-order valence-electron chi connectivity index (χ2n) is 7.77. The molecule has 0 aliphatic carbocycles. The zero-order chi connectivity index (χ0) is 23.5. The van der Waals surface area contributed by atoms with Gasteiger partial charge in [0.05, 0.1) is 20.9 Å². The number of rotatable bonds is 9. The van der Waals surface area contributed by atoms with E-state index < -0.39 is 9.84 Å². The molecule has 1 heterocycles. The summed E-state index contributed by atoms with van der Waals surface area (Å²) in [5.41, 5.74) is 3.53. The third kappa shape index (κ3) is 5.93. The predicted octanol–water partition coefficient (Wildman–Crippen LogP) is 5.12. The van der Waals surface area contributed by atoms with E-state index in [1.807, 2.05) is 13.0 Å². The lowest BCUT2D eigenvalue weighted by atomic mass is 10.1. The van der Waals surface area contributed by atoms with Gasteiger partial charge in [-0.25, -0.2) is 13.4 Å². The van der Waals surface area contributed by atoms with E-state index in [0.717, 1.165) is 34.4 Å². The van der Waals surface area contributed by atoms with Crippen molar-refractivity contribution in [2.24, 2.45) is 0 Å². The van der Waals surface area contributed by atoms with Crippen molar-refractivity contribution in [3.63, 3.8) is 0 Å². The van der Waals surface area contributed by atoms with E-state index in [1.165, 1.54) is 17.4 Å². The van der Waals surface area contributed by atoms with Crippen molar-refractivity contribution in [2.75, 3.05) is 36.8 Å². The fourth-order valence-corrected chi connectivity index (χ4v) is 5.52. The number of thiazole rings is 1. The van der Waals surface area contributed by atoms with Crippen LogP contribution in [0.5, 0.6) is 0 Å². The van der Waals surface area contributed by atoms with Crippen LogP contribution in [-0.2, 0) is 9.84 Å². The number of hydrogen-bond donors (Lipinski definition) is 0. The van der Waals surface area contributed by atoms with Crippen LogP contribution in [-0.4, -0.2) is 56.1 Å². The molecule has 0 spiro atoms. The molecule has 0 fully saturated rings. The van der Waals surface area contributed by atoms with Gasteiger partial charge in [0.2, 0.25) is 0 Å². The molecule has 6 nitrogen and oxygen atoms in total. The summed E-state index contributed by atoms with van der Waals surface area (Å²) < 4.78 is 25.7. The van der Waals surface area contributed by atoms with Crippen LogP contribution in [0.4, 0.5) is 5.13 Å². The van der Waals surface area contributed by atoms with Crippen LogP contribution >= 0.6 is 23.7 Å². The third-order valence-electron chi connectivity index (χ3n) is 5.90. The maximum Gasteiger partial charge on any atom is 0.260 e. The summed E-state index contributed by atoms with van der Waals surface area (Å²) in [5.74, 6) is -0.244. The third-order valence-corrected chi connectivity index (χ3v) is 8.68. The standard InChI is InChI=1S/C24H31N3O3S2.ClH/c1-6-26(7-2)14-15-27(24-25-22-18(5)17(4)12-13-21(22)31-24)23(28)19-10-9-11-20(16-19)32(29,30)8-3;/h9-13,16H,6-8,14-15H2,1-5H3;1H. The lowest BCUT2D eigenvalue weighted by Crippen LogP contribution is -2.39. The monoisotopic (exact) mass is 509 g/mol. The fraction of sp³-hybridized carbons (Fsp3) is 0.417. The number of sulfone groups is 1. The molecule has 2 aromatic carbocycles. The van der Waals surface area contributed by atoms with Crippen molar-refractivity contribution >= 4 is 54.8 Å². The number of anilines is 1. The highest BCUT2D eigenvalue weighted by atomic mass is 35.5. The SMILES string of the molecule is CCN(CC)CCN(C(=O)c1cccc(S(=O)(=O)CC)c1)c1nc2c(C)c(C)ccc2s1.Cl. The van der Waals surface area contributed by atoms with E-state index in [4.69, 9.17) is 4.98 Å². The quantitative estimate of drug-likeness (QED) is 0.400. The van der Waals surface area contributed by atoms with Crippen molar-refractivity contribution < 1.29 is 13.2 Å². The van der Waals surface area contributed by atoms with Gasteiger partial charge in [0.25, 0.3) is 5.91 Å². The summed E-state index contributed by atoms with van der Waals surface area (Å²) >= 11 is 1.49. The van der Waals surface area contributed by atoms with E-state index in [1.54, 1.807) is 30.0 Å². The fourth-order valence-electron chi connectivity index (χ4n) is 3.54. The van der Waals surface area contributed by atoms with Gasteiger partial charge in [-0.05, 0) is 62.3 Å². The van der Waals surface area contributed by atoms with Gasteiger partial charge in [0.1, 0.15) is 0 Å². The summed E-state index contributed by atoms with van der Waals surface area (Å²) in [6, 6.07) is 10.4. The normalized spacial score (nSPS) is 11.6. The molecule has 3 aromatic rings. The van der Waals surface area contributed by atoms with E-state index in [2.05, 4.69) is 31.7 Å². The maximum absolute atomic E-state index is 13.6. The molecule has 0 saturated heterocycles. The first-order valence-electron chi connectivity index (χ1n) is 11.0. The lowest BCUT2D eigenvalue weighted by Gasteiger charge is -2.25. The molecule has 9 heteroatoms. The number of likely N-dealkylation sites (N-methyl/N-ethyl adjacent to an activating group) is 1. The molecule has 0 saturated carbocycles. The van der Waals surface area contributed by atoms with Gasteiger partial charge in [-0.2, -0.15) is 0 Å². The molecule has 0 bridgehead atoms.